The number of hydrogen-bond donors (Lipinski definition) is 2. The topological polar surface area (TPSA) is 72.2 Å². The summed E-state index contributed by atoms with van der Waals surface area (Å²) in [5.41, 5.74) is 5.10. The summed E-state index contributed by atoms with van der Waals surface area (Å²) in [6.45, 7) is 5.64. The molecule has 114 valence electrons. The Kier molecular flexibility index (Phi) is 5.47. The van der Waals surface area contributed by atoms with Gasteiger partial charge in [0, 0.05) is 11.7 Å². The Balaban J connectivity index is 3.01. The van der Waals surface area contributed by atoms with Gasteiger partial charge in [-0.15, -0.1) is 0 Å². The van der Waals surface area contributed by atoms with E-state index in [0.29, 0.717) is 12.3 Å². The van der Waals surface area contributed by atoms with Crippen LogP contribution in [-0.2, 0) is 10.0 Å². The standard InChI is InChI=1S/C13H20F2N2O2S/c1-4-8(2)5-9(3)17-20(18,19)13-11(14)6-10(16)7-12(13)15/h6-9,17H,4-5,16H2,1-3H3. The van der Waals surface area contributed by atoms with Crippen molar-refractivity contribution in [3.63, 3.8) is 0 Å². The molecule has 0 bridgehead atoms. The molecule has 7 heteroatoms. The minimum absolute atomic E-state index is 0.161. The molecular formula is C13H20F2N2O2S. The molecule has 0 fully saturated rings. The molecule has 0 amide bonds. The summed E-state index contributed by atoms with van der Waals surface area (Å²) in [5.74, 6) is -2.06. The molecule has 0 heterocycles. The van der Waals surface area contributed by atoms with Crippen molar-refractivity contribution >= 4 is 15.7 Å². The molecule has 1 rings (SSSR count). The summed E-state index contributed by atoms with van der Waals surface area (Å²) in [7, 11) is -4.25. The first-order valence-electron chi connectivity index (χ1n) is 6.44. The fraction of sp³-hybridized carbons (Fsp3) is 0.538. The number of rotatable bonds is 6. The van der Waals surface area contributed by atoms with E-state index in [1.165, 1.54) is 0 Å². The predicted molar refractivity (Wildman–Crippen MR) is 74.6 cm³/mol. The number of hydrogen-bond acceptors (Lipinski definition) is 3. The van der Waals surface area contributed by atoms with Gasteiger partial charge in [0.15, 0.2) is 4.90 Å². The van der Waals surface area contributed by atoms with Gasteiger partial charge in [-0.25, -0.2) is 21.9 Å². The Labute approximate surface area is 118 Å². The number of benzene rings is 1. The van der Waals surface area contributed by atoms with Crippen molar-refractivity contribution in [2.24, 2.45) is 5.92 Å². The van der Waals surface area contributed by atoms with Gasteiger partial charge in [-0.1, -0.05) is 20.3 Å². The van der Waals surface area contributed by atoms with E-state index in [2.05, 4.69) is 4.72 Å². The van der Waals surface area contributed by atoms with E-state index in [9.17, 15) is 17.2 Å². The van der Waals surface area contributed by atoms with Gasteiger partial charge in [-0.3, -0.25) is 0 Å². The minimum Gasteiger partial charge on any atom is -0.399 e. The van der Waals surface area contributed by atoms with E-state index in [1.807, 2.05) is 13.8 Å². The fourth-order valence-electron chi connectivity index (χ4n) is 1.98. The predicted octanol–water partition coefficient (Wildman–Crippen LogP) is 2.65. The first kappa shape index (κ1) is 16.8. The van der Waals surface area contributed by atoms with Crippen LogP contribution in [0.25, 0.3) is 0 Å². The molecule has 20 heavy (non-hydrogen) atoms. The van der Waals surface area contributed by atoms with E-state index < -0.39 is 32.6 Å². The molecule has 1 aromatic rings. The number of nitrogens with one attached hydrogen (secondary N) is 1. The zero-order valence-electron chi connectivity index (χ0n) is 11.8. The number of nitrogen functional groups attached to an aromatic ring is 1. The second kappa shape index (κ2) is 6.49. The Morgan fingerprint density at radius 2 is 1.75 bits per heavy atom. The van der Waals surface area contributed by atoms with Crippen LogP contribution < -0.4 is 10.5 Å². The second-order valence-electron chi connectivity index (χ2n) is 5.09. The van der Waals surface area contributed by atoms with Crippen LogP contribution in [0.4, 0.5) is 14.5 Å². The molecule has 0 radical (unpaired) electrons. The van der Waals surface area contributed by atoms with Gasteiger partial charge in [0.2, 0.25) is 10.0 Å². The zero-order chi connectivity index (χ0) is 15.5. The van der Waals surface area contributed by atoms with Gasteiger partial charge in [0.05, 0.1) is 0 Å². The Morgan fingerprint density at radius 1 is 1.25 bits per heavy atom. The molecular weight excluding hydrogens is 286 g/mol. The summed E-state index contributed by atoms with van der Waals surface area (Å²) >= 11 is 0. The average Bonchev–Trinajstić information content (AvgIpc) is 2.25. The molecule has 4 nitrogen and oxygen atoms in total. The Hall–Kier alpha value is -1.21. The smallest absolute Gasteiger partial charge is 0.246 e. The van der Waals surface area contributed by atoms with E-state index in [-0.39, 0.29) is 5.69 Å². The van der Waals surface area contributed by atoms with Crippen LogP contribution in [0.2, 0.25) is 0 Å². The molecule has 0 aromatic heterocycles. The molecule has 1 aromatic carbocycles. The Morgan fingerprint density at radius 3 is 2.20 bits per heavy atom. The normalized spacial score (nSPS) is 15.1. The second-order valence-corrected chi connectivity index (χ2v) is 6.74. The molecule has 0 aliphatic heterocycles. The summed E-state index contributed by atoms with van der Waals surface area (Å²) < 4.78 is 53.7. The van der Waals surface area contributed by atoms with Crippen LogP contribution in [0.3, 0.4) is 0 Å². The van der Waals surface area contributed by atoms with Crippen LogP contribution in [0.5, 0.6) is 0 Å². The molecule has 0 aliphatic carbocycles. The third-order valence-electron chi connectivity index (χ3n) is 3.10. The number of sulfonamides is 1. The Bertz CT molecular complexity index is 553. The van der Waals surface area contributed by atoms with Gasteiger partial charge in [-0.05, 0) is 31.4 Å². The SMILES string of the molecule is CCC(C)CC(C)NS(=O)(=O)c1c(F)cc(N)cc1F. The average molecular weight is 306 g/mol. The van der Waals surface area contributed by atoms with Crippen LogP contribution >= 0.6 is 0 Å². The van der Waals surface area contributed by atoms with Crippen LogP contribution in [0.1, 0.15) is 33.6 Å². The molecule has 0 saturated carbocycles. The van der Waals surface area contributed by atoms with Crippen molar-refractivity contribution in [2.45, 2.75) is 44.6 Å². The number of nitrogens with two attached hydrogens (primary N) is 1. The largest absolute Gasteiger partial charge is 0.399 e. The summed E-state index contributed by atoms with van der Waals surface area (Å²) in [6, 6.07) is 1.17. The first-order valence-corrected chi connectivity index (χ1v) is 7.92. The lowest BCUT2D eigenvalue weighted by Gasteiger charge is -2.18. The number of halogens is 2. The van der Waals surface area contributed by atoms with E-state index in [1.54, 1.807) is 6.92 Å². The molecule has 2 atom stereocenters. The summed E-state index contributed by atoms with van der Waals surface area (Å²) in [4.78, 5) is -0.984. The van der Waals surface area contributed by atoms with Crippen molar-refractivity contribution < 1.29 is 17.2 Å². The minimum atomic E-state index is -4.25. The highest BCUT2D eigenvalue weighted by atomic mass is 32.2. The van der Waals surface area contributed by atoms with Crippen molar-refractivity contribution in [1.82, 2.24) is 4.72 Å². The van der Waals surface area contributed by atoms with Gasteiger partial charge in [-0.2, -0.15) is 0 Å². The highest BCUT2D eigenvalue weighted by Crippen LogP contribution is 2.22. The summed E-state index contributed by atoms with van der Waals surface area (Å²) in [6.07, 6.45) is 1.49. The quantitative estimate of drug-likeness (QED) is 0.794. The van der Waals surface area contributed by atoms with Crippen molar-refractivity contribution in [3.05, 3.63) is 23.8 Å². The molecule has 2 unspecified atom stereocenters. The lowest BCUT2D eigenvalue weighted by atomic mass is 10.0. The van der Waals surface area contributed by atoms with Crippen LogP contribution in [0, 0.1) is 17.6 Å². The van der Waals surface area contributed by atoms with Gasteiger partial charge in [0.1, 0.15) is 11.6 Å². The molecule has 3 N–H and O–H groups in total. The summed E-state index contributed by atoms with van der Waals surface area (Å²) in [5, 5.41) is 0. The molecule has 0 aliphatic rings. The highest BCUT2D eigenvalue weighted by molar-refractivity contribution is 7.89. The molecule has 0 saturated heterocycles. The lowest BCUT2D eigenvalue weighted by Crippen LogP contribution is -2.34. The van der Waals surface area contributed by atoms with E-state index in [0.717, 1.165) is 18.6 Å². The maximum Gasteiger partial charge on any atom is 0.246 e. The van der Waals surface area contributed by atoms with Gasteiger partial charge >= 0.3 is 0 Å². The third-order valence-corrected chi connectivity index (χ3v) is 4.74. The van der Waals surface area contributed by atoms with Crippen molar-refractivity contribution in [1.29, 1.82) is 0 Å². The number of anilines is 1. The van der Waals surface area contributed by atoms with E-state index >= 15 is 0 Å². The van der Waals surface area contributed by atoms with Crippen molar-refractivity contribution in [3.8, 4) is 0 Å². The lowest BCUT2D eigenvalue weighted by molar-refractivity contribution is 0.442. The van der Waals surface area contributed by atoms with Crippen molar-refractivity contribution in [2.75, 3.05) is 5.73 Å². The van der Waals surface area contributed by atoms with Crippen LogP contribution in [-0.4, -0.2) is 14.5 Å². The zero-order valence-corrected chi connectivity index (χ0v) is 12.6. The van der Waals surface area contributed by atoms with Gasteiger partial charge in [0.25, 0.3) is 0 Å². The van der Waals surface area contributed by atoms with Gasteiger partial charge < -0.3 is 5.73 Å². The maximum atomic E-state index is 13.6. The third kappa shape index (κ3) is 4.14. The maximum absolute atomic E-state index is 13.6. The monoisotopic (exact) mass is 306 g/mol. The first-order chi connectivity index (χ1) is 9.17. The van der Waals surface area contributed by atoms with Crippen LogP contribution in [0.15, 0.2) is 17.0 Å². The molecule has 0 spiro atoms. The van der Waals surface area contributed by atoms with E-state index in [4.69, 9.17) is 5.73 Å². The highest BCUT2D eigenvalue weighted by Gasteiger charge is 2.26. The fourth-order valence-corrected chi connectivity index (χ4v) is 3.35.